The summed E-state index contributed by atoms with van der Waals surface area (Å²) >= 11 is -0.248. The summed E-state index contributed by atoms with van der Waals surface area (Å²) in [6.45, 7) is 3.21. The largest absolute Gasteiger partial charge is 0.504 e. The zero-order valence-electron chi connectivity index (χ0n) is 13.1. The number of ketones is 1. The first-order chi connectivity index (χ1) is 11.8. The minimum atomic E-state index is -5.66. The third kappa shape index (κ3) is 5.25. The minimum absolute atomic E-state index is 0.0583. The van der Waals surface area contributed by atoms with Gasteiger partial charge in [-0.3, -0.25) is 9.79 Å². The Balaban J connectivity index is 3.58. The Morgan fingerprint density at radius 3 is 1.96 bits per heavy atom. The monoisotopic (exact) mass is 400 g/mol. The summed E-state index contributed by atoms with van der Waals surface area (Å²) in [6.07, 6.45) is -11.3. The highest BCUT2D eigenvalue weighted by molar-refractivity contribution is 7.54. The maximum absolute atomic E-state index is 12.5. The zero-order valence-corrected chi connectivity index (χ0v) is 13.9. The summed E-state index contributed by atoms with van der Waals surface area (Å²) in [7, 11) is 0. The van der Waals surface area contributed by atoms with Crippen LogP contribution in [-0.2, 0) is 16.3 Å². The van der Waals surface area contributed by atoms with Gasteiger partial charge in [-0.05, 0) is 37.1 Å². The second-order valence-corrected chi connectivity index (χ2v) is 5.27. The van der Waals surface area contributed by atoms with E-state index in [2.05, 4.69) is 9.36 Å². The second kappa shape index (κ2) is 7.81. The van der Waals surface area contributed by atoms with Gasteiger partial charge in [-0.25, -0.2) is 0 Å². The highest BCUT2D eigenvalue weighted by Crippen LogP contribution is 2.33. The molecule has 1 rings (SSSR count). The Morgan fingerprint density at radius 2 is 1.54 bits per heavy atom. The van der Waals surface area contributed by atoms with Crippen LogP contribution in [0.15, 0.2) is 32.8 Å². The summed E-state index contributed by atoms with van der Waals surface area (Å²) < 4.78 is 89.1. The van der Waals surface area contributed by atoms with E-state index in [-0.39, 0.29) is 29.1 Å². The van der Waals surface area contributed by atoms with Crippen molar-refractivity contribution in [1.82, 2.24) is 0 Å². The maximum Gasteiger partial charge on any atom is 0.455 e. The van der Waals surface area contributed by atoms with Crippen molar-refractivity contribution < 1.29 is 40.5 Å². The molecule has 0 aliphatic rings. The van der Waals surface area contributed by atoms with Crippen molar-refractivity contribution >= 4 is 34.8 Å². The predicted molar refractivity (Wildman–Crippen MR) is 81.1 cm³/mol. The van der Waals surface area contributed by atoms with E-state index < -0.39 is 29.5 Å². The van der Waals surface area contributed by atoms with Crippen LogP contribution in [0.4, 0.5) is 37.7 Å². The zero-order chi connectivity index (χ0) is 20.3. The topological polar surface area (TPSA) is 79.1 Å². The van der Waals surface area contributed by atoms with Crippen LogP contribution in [0.3, 0.4) is 0 Å². The quantitative estimate of drug-likeness (QED) is 0.349. The van der Waals surface area contributed by atoms with Crippen molar-refractivity contribution in [3.05, 3.63) is 34.6 Å². The molecule has 1 aromatic carbocycles. The normalized spacial score (nSPS) is 13.5. The molecule has 0 unspecified atom stereocenters. The molecule has 0 radical (unpaired) electrons. The van der Waals surface area contributed by atoms with E-state index >= 15 is 0 Å². The predicted octanol–water partition coefficient (Wildman–Crippen LogP) is 4.54. The number of carbonyl (C=O) groups is 1. The smallest absolute Gasteiger partial charge is 0.455 e. The Labute approximate surface area is 146 Å². The van der Waals surface area contributed by atoms with Crippen LogP contribution in [0.2, 0.25) is 0 Å². The lowest BCUT2D eigenvalue weighted by molar-refractivity contribution is -0.167. The highest BCUT2D eigenvalue weighted by atomic mass is 32.1. The first-order valence-electron chi connectivity index (χ1n) is 6.56. The molecule has 0 fully saturated rings. The summed E-state index contributed by atoms with van der Waals surface area (Å²) in [6, 6.07) is 2.59. The van der Waals surface area contributed by atoms with E-state index in [0.29, 0.717) is 11.1 Å². The summed E-state index contributed by atoms with van der Waals surface area (Å²) in [5, 5.41) is 8.99. The Bertz CT molecular complexity index is 836. The number of carbonyl (C=O) groups excluding carboxylic acids is 1. The van der Waals surface area contributed by atoms with Crippen molar-refractivity contribution in [1.29, 1.82) is 0 Å². The molecular formula is C14H10F6N2O3S. The average molecular weight is 400 g/mol. The van der Waals surface area contributed by atoms with Gasteiger partial charge in [-0.2, -0.15) is 34.9 Å². The number of benzene rings is 1. The van der Waals surface area contributed by atoms with Gasteiger partial charge in [0.2, 0.25) is 17.2 Å². The van der Waals surface area contributed by atoms with E-state index in [1.54, 1.807) is 13.8 Å². The number of hydrogen-bond acceptors (Lipinski definition) is 5. The molecule has 0 atom stereocenters. The van der Waals surface area contributed by atoms with Crippen LogP contribution in [-0.4, -0.2) is 33.7 Å². The fourth-order valence-corrected chi connectivity index (χ4v) is 1.90. The van der Waals surface area contributed by atoms with E-state index in [9.17, 15) is 35.3 Å². The second-order valence-electron chi connectivity index (χ2n) is 4.94. The van der Waals surface area contributed by atoms with Crippen LogP contribution < -0.4 is 0 Å². The van der Waals surface area contributed by atoms with Crippen molar-refractivity contribution in [2.75, 3.05) is 0 Å². The molecular weight excluding hydrogens is 390 g/mol. The van der Waals surface area contributed by atoms with Crippen molar-refractivity contribution in [2.24, 2.45) is 9.36 Å². The molecule has 0 bridgehead atoms. The first kappa shape index (κ1) is 21.5. The molecule has 142 valence electrons. The molecule has 1 aromatic rings. The summed E-state index contributed by atoms with van der Waals surface area (Å²) in [4.78, 5) is 14.6. The van der Waals surface area contributed by atoms with Gasteiger partial charge in [-0.15, -0.1) is 0 Å². The highest BCUT2D eigenvalue weighted by Gasteiger charge is 2.46. The van der Waals surface area contributed by atoms with Crippen molar-refractivity contribution in [3.8, 4) is 0 Å². The maximum atomic E-state index is 12.5. The number of allylic oxidation sites excluding steroid dienone is 2. The molecule has 0 saturated heterocycles. The number of halogens is 6. The van der Waals surface area contributed by atoms with Gasteiger partial charge < -0.3 is 5.11 Å². The van der Waals surface area contributed by atoms with Gasteiger partial charge in [0.15, 0.2) is 0 Å². The fraction of sp³-hybridized carbons (Fsp3) is 0.286. The summed E-state index contributed by atoms with van der Waals surface area (Å²) in [5.41, 5.74) is -1.26. The third-order valence-electron chi connectivity index (χ3n) is 3.08. The molecule has 0 amide bonds. The number of aliphatic hydroxyl groups excluding tert-OH is 1. The lowest BCUT2D eigenvalue weighted by Crippen LogP contribution is -2.29. The van der Waals surface area contributed by atoms with Gasteiger partial charge in [0.05, 0.1) is 11.3 Å². The Kier molecular flexibility index (Phi) is 6.47. The number of aliphatic hydroxyl groups is 1. The SMILES string of the molecule is Cc1cc(N=C/C(C(=O)C(F)(F)F)=C(/O)C(F)(F)F)c(N=S=O)cc1C. The van der Waals surface area contributed by atoms with Crippen LogP contribution in [0.5, 0.6) is 0 Å². The number of aryl methyl sites for hydroxylation is 2. The van der Waals surface area contributed by atoms with Gasteiger partial charge >= 0.3 is 12.4 Å². The molecule has 0 saturated carbocycles. The number of alkyl halides is 6. The average Bonchev–Trinajstić information content (AvgIpc) is 2.49. The van der Waals surface area contributed by atoms with E-state index in [4.69, 9.17) is 5.11 Å². The number of hydrogen-bond donors (Lipinski definition) is 1. The summed E-state index contributed by atoms with van der Waals surface area (Å²) in [5.74, 6) is -5.65. The Morgan fingerprint density at radius 1 is 1.04 bits per heavy atom. The number of rotatable bonds is 4. The van der Waals surface area contributed by atoms with Crippen molar-refractivity contribution in [2.45, 2.75) is 26.2 Å². The van der Waals surface area contributed by atoms with E-state index in [1.165, 1.54) is 12.1 Å². The molecule has 0 aromatic heterocycles. The van der Waals surface area contributed by atoms with Crippen LogP contribution in [0.25, 0.3) is 0 Å². The van der Waals surface area contributed by atoms with Crippen LogP contribution in [0.1, 0.15) is 11.1 Å². The lowest BCUT2D eigenvalue weighted by atomic mass is 10.1. The Hall–Kier alpha value is -2.50. The third-order valence-corrected chi connectivity index (χ3v) is 3.36. The van der Waals surface area contributed by atoms with E-state index in [0.717, 1.165) is 0 Å². The van der Waals surface area contributed by atoms with Gasteiger partial charge in [0, 0.05) is 6.21 Å². The first-order valence-corrected chi connectivity index (χ1v) is 7.26. The van der Waals surface area contributed by atoms with Gasteiger partial charge in [-0.1, -0.05) is 0 Å². The molecule has 1 N–H and O–H groups in total. The van der Waals surface area contributed by atoms with E-state index in [1.807, 2.05) is 0 Å². The molecule has 12 heteroatoms. The molecule has 26 heavy (non-hydrogen) atoms. The van der Waals surface area contributed by atoms with Crippen LogP contribution in [0, 0.1) is 13.8 Å². The molecule has 0 aliphatic carbocycles. The number of aliphatic imine (C=N–C) groups is 1. The number of Topliss-reactive ketones (excluding diaryl/α,β-unsaturated/α-hetero) is 1. The van der Waals surface area contributed by atoms with Gasteiger partial charge in [0.25, 0.3) is 5.78 Å². The lowest BCUT2D eigenvalue weighted by Gasteiger charge is -2.11. The van der Waals surface area contributed by atoms with Crippen molar-refractivity contribution in [3.63, 3.8) is 0 Å². The molecule has 5 nitrogen and oxygen atoms in total. The fourth-order valence-electron chi connectivity index (χ4n) is 1.67. The molecule has 0 spiro atoms. The molecule has 0 heterocycles. The molecule has 0 aliphatic heterocycles. The minimum Gasteiger partial charge on any atom is -0.504 e. The van der Waals surface area contributed by atoms with Gasteiger partial charge in [0.1, 0.15) is 5.69 Å². The number of nitrogens with zero attached hydrogens (tertiary/aromatic N) is 2. The standard InChI is InChI=1S/C14H10F6N2O3S/c1-6-3-9(10(22-26-25)4-7(6)2)21-5-8(11(23)13(15,16)17)12(24)14(18,19)20/h3-5,23H,1-2H3/b11-8-,21-5?. The van der Waals surface area contributed by atoms with Crippen LogP contribution >= 0.6 is 0 Å².